The van der Waals surface area contributed by atoms with Gasteiger partial charge in [-0.1, -0.05) is 36.4 Å². The van der Waals surface area contributed by atoms with Gasteiger partial charge in [0.25, 0.3) is 0 Å². The monoisotopic (exact) mass is 359 g/mol. The van der Waals surface area contributed by atoms with Gasteiger partial charge in [0.15, 0.2) is 16.6 Å². The zero-order chi connectivity index (χ0) is 18.2. The number of rotatable bonds is 6. The first-order valence-electron chi connectivity index (χ1n) is 7.87. The second-order valence-electron chi connectivity index (χ2n) is 5.58. The minimum atomic E-state index is -0.228. The number of carbonyl (C=O) groups is 1. The van der Waals surface area contributed by atoms with Crippen molar-refractivity contribution in [2.24, 2.45) is 5.73 Å². The van der Waals surface area contributed by atoms with Gasteiger partial charge < -0.3 is 15.9 Å². The summed E-state index contributed by atoms with van der Waals surface area (Å²) in [5.41, 5.74) is 10.2. The molecule has 25 heavy (non-hydrogen) atoms. The third kappa shape index (κ3) is 5.96. The van der Waals surface area contributed by atoms with Gasteiger partial charge in [0.05, 0.1) is 0 Å². The molecule has 0 spiro atoms. The Morgan fingerprint density at radius 2 is 1.76 bits per heavy atom. The maximum Gasteiger partial charge on any atom is 0.238 e. The average Bonchev–Trinajstić information content (AvgIpc) is 2.60. The fourth-order valence-electron chi connectivity index (χ4n) is 2.30. The Bertz CT molecular complexity index is 738. The van der Waals surface area contributed by atoms with Crippen molar-refractivity contribution < 1.29 is 15.0 Å². The summed E-state index contributed by atoms with van der Waals surface area (Å²) in [5.74, 6) is -0.618. The van der Waals surface area contributed by atoms with Gasteiger partial charge in [0, 0.05) is 13.0 Å². The Morgan fingerprint density at radius 1 is 1.04 bits per heavy atom. The fourth-order valence-corrected chi connectivity index (χ4v) is 2.43. The quantitative estimate of drug-likeness (QED) is 0.357. The van der Waals surface area contributed by atoms with Crippen LogP contribution in [0.3, 0.4) is 0 Å². The highest BCUT2D eigenvalue weighted by atomic mass is 32.1. The molecular weight excluding hydrogens is 338 g/mol. The number of amides is 1. The topological polar surface area (TPSA) is 98.8 Å². The Morgan fingerprint density at radius 3 is 2.40 bits per heavy atom. The van der Waals surface area contributed by atoms with E-state index >= 15 is 0 Å². The van der Waals surface area contributed by atoms with Crippen LogP contribution in [-0.2, 0) is 17.6 Å². The lowest BCUT2D eigenvalue weighted by Crippen LogP contribution is -2.49. The minimum Gasteiger partial charge on any atom is -0.504 e. The number of nitrogens with two attached hydrogens (primary N) is 1. The van der Waals surface area contributed by atoms with Gasteiger partial charge >= 0.3 is 0 Å². The van der Waals surface area contributed by atoms with Crippen molar-refractivity contribution in [1.82, 2.24) is 10.4 Å². The Kier molecular flexibility index (Phi) is 6.59. The van der Waals surface area contributed by atoms with E-state index < -0.39 is 0 Å². The van der Waals surface area contributed by atoms with Crippen molar-refractivity contribution >= 4 is 23.2 Å². The predicted molar refractivity (Wildman–Crippen MR) is 99.9 cm³/mol. The summed E-state index contributed by atoms with van der Waals surface area (Å²) in [5, 5.41) is 20.3. The van der Waals surface area contributed by atoms with Crippen LogP contribution >= 0.6 is 12.2 Å². The molecule has 2 aromatic carbocycles. The number of aryl methyl sites for hydroxylation is 1. The lowest BCUT2D eigenvalue weighted by Gasteiger charge is -2.23. The van der Waals surface area contributed by atoms with E-state index in [-0.39, 0.29) is 28.9 Å². The number of carbonyl (C=O) groups excluding carboxylic acids is 1. The van der Waals surface area contributed by atoms with Crippen LogP contribution in [0, 0.1) is 0 Å². The highest BCUT2D eigenvalue weighted by Crippen LogP contribution is 2.25. The van der Waals surface area contributed by atoms with Crippen LogP contribution < -0.4 is 11.2 Å². The highest BCUT2D eigenvalue weighted by molar-refractivity contribution is 7.80. The number of benzene rings is 2. The molecule has 0 aliphatic carbocycles. The molecule has 0 heterocycles. The molecule has 7 heteroatoms. The third-order valence-electron chi connectivity index (χ3n) is 3.67. The normalized spacial score (nSPS) is 10.2. The summed E-state index contributed by atoms with van der Waals surface area (Å²) in [6.45, 7) is 0.477. The molecule has 1 amide bonds. The maximum absolute atomic E-state index is 12.1. The third-order valence-corrected chi connectivity index (χ3v) is 3.89. The first-order valence-corrected chi connectivity index (χ1v) is 8.28. The van der Waals surface area contributed by atoms with E-state index in [2.05, 4.69) is 5.43 Å². The van der Waals surface area contributed by atoms with Crippen LogP contribution in [0.25, 0.3) is 0 Å². The van der Waals surface area contributed by atoms with Crippen LogP contribution in [0.1, 0.15) is 17.5 Å². The van der Waals surface area contributed by atoms with Gasteiger partial charge in [0.2, 0.25) is 5.91 Å². The fraction of sp³-hybridized carbons (Fsp3) is 0.222. The molecule has 0 saturated carbocycles. The van der Waals surface area contributed by atoms with E-state index in [9.17, 15) is 15.0 Å². The molecular formula is C18H21N3O3S. The van der Waals surface area contributed by atoms with E-state index in [0.29, 0.717) is 19.4 Å². The lowest BCUT2D eigenvalue weighted by molar-refractivity contribution is -0.124. The minimum absolute atomic E-state index is 0.103. The van der Waals surface area contributed by atoms with Crippen molar-refractivity contribution in [1.29, 1.82) is 0 Å². The number of hydrogen-bond donors (Lipinski definition) is 4. The van der Waals surface area contributed by atoms with Crippen molar-refractivity contribution in [3.63, 3.8) is 0 Å². The first kappa shape index (κ1) is 18.5. The van der Waals surface area contributed by atoms with E-state index in [0.717, 1.165) is 11.1 Å². The zero-order valence-corrected chi connectivity index (χ0v) is 14.5. The molecule has 0 aromatic heterocycles. The Balaban J connectivity index is 1.84. The van der Waals surface area contributed by atoms with E-state index in [1.54, 1.807) is 6.07 Å². The summed E-state index contributed by atoms with van der Waals surface area (Å²) >= 11 is 4.99. The zero-order valence-electron chi connectivity index (χ0n) is 13.7. The molecule has 0 radical (unpaired) electrons. The molecule has 0 fully saturated rings. The maximum atomic E-state index is 12.1. The van der Waals surface area contributed by atoms with Crippen molar-refractivity contribution in [3.05, 3.63) is 59.7 Å². The Labute approximate surface area is 151 Å². The van der Waals surface area contributed by atoms with E-state index in [1.165, 1.54) is 17.1 Å². The molecule has 6 nitrogen and oxygen atoms in total. The van der Waals surface area contributed by atoms with E-state index in [4.69, 9.17) is 18.0 Å². The summed E-state index contributed by atoms with van der Waals surface area (Å²) in [6.07, 6.45) is 1.32. The molecule has 0 unspecified atom stereocenters. The second-order valence-corrected chi connectivity index (χ2v) is 6.00. The molecule has 0 aliphatic rings. The molecule has 5 N–H and O–H groups in total. The molecule has 2 rings (SSSR count). The van der Waals surface area contributed by atoms with Gasteiger partial charge in [-0.15, -0.1) is 0 Å². The van der Waals surface area contributed by atoms with Gasteiger partial charge in [-0.05, 0) is 48.3 Å². The molecule has 132 valence electrons. The van der Waals surface area contributed by atoms with Gasteiger partial charge in [-0.2, -0.15) is 0 Å². The highest BCUT2D eigenvalue weighted by Gasteiger charge is 2.11. The van der Waals surface area contributed by atoms with Gasteiger partial charge in [0.1, 0.15) is 0 Å². The number of aromatic hydroxyl groups is 2. The van der Waals surface area contributed by atoms with Crippen molar-refractivity contribution in [2.75, 3.05) is 6.54 Å². The number of nitrogens with zero attached hydrogens (tertiary/aromatic N) is 1. The van der Waals surface area contributed by atoms with Crippen molar-refractivity contribution in [2.45, 2.75) is 19.3 Å². The summed E-state index contributed by atoms with van der Waals surface area (Å²) in [4.78, 5) is 12.1. The second kappa shape index (κ2) is 8.89. The smallest absolute Gasteiger partial charge is 0.238 e. The number of phenolic OH excluding ortho intramolecular Hbond substituents is 2. The van der Waals surface area contributed by atoms with Crippen LogP contribution in [0.15, 0.2) is 48.5 Å². The number of thiocarbonyl (C=S) groups is 1. The molecule has 0 atom stereocenters. The standard InChI is InChI=1S/C18H21N3O3S/c19-18(25)21(11-10-13-4-2-1-3-5-13)20-17(24)9-7-14-6-8-15(22)16(23)12-14/h1-6,8,12,22-23H,7,9-11H2,(H2,19,25)(H,20,24). The molecule has 0 saturated heterocycles. The SMILES string of the molecule is NC(=S)N(CCc1ccccc1)NC(=O)CCc1ccc(O)c(O)c1. The summed E-state index contributed by atoms with van der Waals surface area (Å²) < 4.78 is 0. The first-order chi connectivity index (χ1) is 12.0. The summed E-state index contributed by atoms with van der Waals surface area (Å²) in [7, 11) is 0. The number of phenols is 2. The number of nitrogens with one attached hydrogen (secondary N) is 1. The molecule has 0 bridgehead atoms. The van der Waals surface area contributed by atoms with Crippen LogP contribution in [-0.4, -0.2) is 32.8 Å². The van der Waals surface area contributed by atoms with Gasteiger partial charge in [-0.25, -0.2) is 0 Å². The lowest BCUT2D eigenvalue weighted by atomic mass is 10.1. The number of hydrazine groups is 1. The molecule has 0 aliphatic heterocycles. The largest absolute Gasteiger partial charge is 0.504 e. The van der Waals surface area contributed by atoms with Crippen LogP contribution in [0.5, 0.6) is 11.5 Å². The average molecular weight is 359 g/mol. The van der Waals surface area contributed by atoms with E-state index in [1.807, 2.05) is 30.3 Å². The Hall–Kier alpha value is -2.80. The predicted octanol–water partition coefficient (Wildman–Crippen LogP) is 1.85. The molecule has 2 aromatic rings. The van der Waals surface area contributed by atoms with Crippen LogP contribution in [0.2, 0.25) is 0 Å². The number of hydrogen-bond acceptors (Lipinski definition) is 4. The summed E-state index contributed by atoms with van der Waals surface area (Å²) in [6, 6.07) is 14.3. The van der Waals surface area contributed by atoms with Crippen molar-refractivity contribution in [3.8, 4) is 11.5 Å². The van der Waals surface area contributed by atoms with Gasteiger partial charge in [-0.3, -0.25) is 15.2 Å². The van der Waals surface area contributed by atoms with Crippen LogP contribution in [0.4, 0.5) is 0 Å².